The molecule has 146 valence electrons. The van der Waals surface area contributed by atoms with E-state index in [4.69, 9.17) is 16.3 Å². The molecule has 0 saturated heterocycles. The summed E-state index contributed by atoms with van der Waals surface area (Å²) in [5, 5.41) is 13.3. The predicted octanol–water partition coefficient (Wildman–Crippen LogP) is 4.54. The molecule has 1 aliphatic heterocycles. The Hall–Kier alpha value is -2.05. The number of hydrogen-bond donors (Lipinski definition) is 2. The number of hydrogen-bond acceptors (Lipinski definition) is 4. The van der Waals surface area contributed by atoms with Crippen molar-refractivity contribution in [2.24, 2.45) is 0 Å². The quantitative estimate of drug-likeness (QED) is 0.534. The van der Waals surface area contributed by atoms with Crippen LogP contribution in [0.5, 0.6) is 0 Å². The van der Waals surface area contributed by atoms with E-state index in [1.165, 1.54) is 0 Å². The van der Waals surface area contributed by atoms with Gasteiger partial charge in [0.15, 0.2) is 0 Å². The fraction of sp³-hybridized carbons (Fsp3) is 0.400. The molecular weight excluding hydrogens is 382 g/mol. The Balaban J connectivity index is 2.44. The molecule has 2 rings (SSSR count). The normalized spacial score (nSPS) is 17.6. The van der Waals surface area contributed by atoms with Crippen LogP contribution in [0.4, 0.5) is 0 Å². The first-order valence-corrected chi connectivity index (χ1v) is 12.9. The van der Waals surface area contributed by atoms with Crippen LogP contribution in [-0.4, -0.2) is 31.7 Å². The number of halogens is 1. The molecule has 0 radical (unpaired) electrons. The first kappa shape index (κ1) is 21.2. The molecule has 1 heterocycles. The molecule has 0 saturated carbocycles. The lowest BCUT2D eigenvalue weighted by atomic mass is 9.80. The maximum absolute atomic E-state index is 12.9. The number of carboxylic acids is 1. The maximum atomic E-state index is 12.9. The van der Waals surface area contributed by atoms with Crippen molar-refractivity contribution in [3.63, 3.8) is 0 Å². The van der Waals surface area contributed by atoms with Crippen LogP contribution in [-0.2, 0) is 14.3 Å². The van der Waals surface area contributed by atoms with Crippen LogP contribution in [0.3, 0.4) is 0 Å². The number of allylic oxidation sites excluding steroid dienone is 2. The fourth-order valence-corrected chi connectivity index (χ4v) is 4.01. The third-order valence-electron chi connectivity index (χ3n) is 4.48. The van der Waals surface area contributed by atoms with Gasteiger partial charge in [-0.3, -0.25) is 0 Å². The zero-order valence-electron chi connectivity index (χ0n) is 16.4. The summed E-state index contributed by atoms with van der Waals surface area (Å²) in [5.41, 5.74) is 2.19. The number of benzene rings is 1. The molecule has 7 heteroatoms. The van der Waals surface area contributed by atoms with Gasteiger partial charge in [-0.2, -0.15) is 0 Å². The van der Waals surface area contributed by atoms with E-state index < -0.39 is 25.9 Å². The minimum Gasteiger partial charge on any atom is -0.478 e. The molecule has 0 bridgehead atoms. The highest BCUT2D eigenvalue weighted by Gasteiger charge is 2.37. The molecule has 1 atom stereocenters. The van der Waals surface area contributed by atoms with Gasteiger partial charge in [0.2, 0.25) is 0 Å². The Morgan fingerprint density at radius 1 is 1.19 bits per heavy atom. The minimum atomic E-state index is -1.35. The summed E-state index contributed by atoms with van der Waals surface area (Å²) < 4.78 is 5.52. The van der Waals surface area contributed by atoms with Gasteiger partial charge >= 0.3 is 11.9 Å². The van der Waals surface area contributed by atoms with Gasteiger partial charge < -0.3 is 15.2 Å². The number of esters is 1. The van der Waals surface area contributed by atoms with Crippen molar-refractivity contribution >= 4 is 31.6 Å². The van der Waals surface area contributed by atoms with Gasteiger partial charge in [-0.1, -0.05) is 43.4 Å². The standard InChI is InChI=1S/C20H26ClNO4Si/c1-12-16(19(23)24)18(14-7-6-8-15(21)11-14)17(13(2)22-12)20(25)26-9-10-27(3,4)5/h6-8,11,18,22H,9-10H2,1-5H3,(H,23,24). The van der Waals surface area contributed by atoms with E-state index in [0.717, 1.165) is 6.04 Å². The van der Waals surface area contributed by atoms with Gasteiger partial charge in [-0.25, -0.2) is 9.59 Å². The van der Waals surface area contributed by atoms with Crippen molar-refractivity contribution in [1.29, 1.82) is 0 Å². The highest BCUT2D eigenvalue weighted by molar-refractivity contribution is 6.76. The van der Waals surface area contributed by atoms with Crippen LogP contribution < -0.4 is 5.32 Å². The van der Waals surface area contributed by atoms with Crippen molar-refractivity contribution in [2.45, 2.75) is 45.5 Å². The third-order valence-corrected chi connectivity index (χ3v) is 6.42. The zero-order valence-corrected chi connectivity index (χ0v) is 18.1. The monoisotopic (exact) mass is 407 g/mol. The van der Waals surface area contributed by atoms with Gasteiger partial charge in [0.25, 0.3) is 0 Å². The Kier molecular flexibility index (Phi) is 6.54. The van der Waals surface area contributed by atoms with E-state index in [9.17, 15) is 14.7 Å². The number of ether oxygens (including phenoxy) is 1. The highest BCUT2D eigenvalue weighted by atomic mass is 35.5. The predicted molar refractivity (Wildman–Crippen MR) is 109 cm³/mol. The fourth-order valence-electron chi connectivity index (χ4n) is 3.10. The smallest absolute Gasteiger partial charge is 0.336 e. The second kappa shape index (κ2) is 8.31. The molecule has 27 heavy (non-hydrogen) atoms. The lowest BCUT2D eigenvalue weighted by Crippen LogP contribution is -2.32. The van der Waals surface area contributed by atoms with Crippen molar-refractivity contribution in [3.05, 3.63) is 57.4 Å². The first-order valence-electron chi connectivity index (χ1n) is 8.85. The number of carbonyl (C=O) groups is 2. The largest absolute Gasteiger partial charge is 0.478 e. The van der Waals surface area contributed by atoms with Crippen molar-refractivity contribution < 1.29 is 19.4 Å². The summed E-state index contributed by atoms with van der Waals surface area (Å²) in [7, 11) is -1.35. The minimum absolute atomic E-state index is 0.125. The molecule has 0 aliphatic carbocycles. The Morgan fingerprint density at radius 2 is 1.81 bits per heavy atom. The van der Waals surface area contributed by atoms with Crippen LogP contribution in [0.2, 0.25) is 30.7 Å². The molecule has 1 unspecified atom stereocenters. The Bertz CT molecular complexity index is 824. The zero-order chi connectivity index (χ0) is 20.4. The lowest BCUT2D eigenvalue weighted by Gasteiger charge is -2.30. The number of nitrogens with one attached hydrogen (secondary N) is 1. The highest BCUT2D eigenvalue weighted by Crippen LogP contribution is 2.39. The molecule has 2 N–H and O–H groups in total. The Morgan fingerprint density at radius 3 is 2.37 bits per heavy atom. The van der Waals surface area contributed by atoms with Gasteiger partial charge in [0, 0.05) is 24.5 Å². The Labute approximate surface area is 166 Å². The van der Waals surface area contributed by atoms with Crippen LogP contribution >= 0.6 is 11.6 Å². The first-order chi connectivity index (χ1) is 12.5. The molecule has 1 aliphatic rings. The van der Waals surface area contributed by atoms with E-state index in [2.05, 4.69) is 25.0 Å². The van der Waals surface area contributed by atoms with E-state index >= 15 is 0 Å². The maximum Gasteiger partial charge on any atom is 0.336 e. The lowest BCUT2D eigenvalue weighted by molar-refractivity contribution is -0.138. The average molecular weight is 408 g/mol. The second-order valence-corrected chi connectivity index (χ2v) is 14.0. The van der Waals surface area contributed by atoms with Crippen LogP contribution in [0.1, 0.15) is 25.3 Å². The number of dihydropyridines is 1. The topological polar surface area (TPSA) is 75.6 Å². The molecule has 0 fully saturated rings. The van der Waals surface area contributed by atoms with Gasteiger partial charge in [0.05, 0.1) is 23.7 Å². The third kappa shape index (κ3) is 5.23. The summed E-state index contributed by atoms with van der Waals surface area (Å²) >= 11 is 6.12. The molecule has 0 aromatic heterocycles. The summed E-state index contributed by atoms with van der Waals surface area (Å²) in [6, 6.07) is 7.78. The number of rotatable bonds is 6. The number of carboxylic acid groups (broad SMARTS) is 1. The van der Waals surface area contributed by atoms with Crippen LogP contribution in [0.25, 0.3) is 0 Å². The number of carbonyl (C=O) groups excluding carboxylic acids is 1. The van der Waals surface area contributed by atoms with Crippen molar-refractivity contribution in [3.8, 4) is 0 Å². The average Bonchev–Trinajstić information content (AvgIpc) is 2.52. The van der Waals surface area contributed by atoms with Crippen molar-refractivity contribution in [2.75, 3.05) is 6.61 Å². The van der Waals surface area contributed by atoms with Crippen LogP contribution in [0, 0.1) is 0 Å². The SMILES string of the molecule is CC1=C(C(=O)O)C(c2cccc(Cl)c2)C(C(=O)OCC[Si](C)(C)C)=C(C)N1. The van der Waals surface area contributed by atoms with Gasteiger partial charge in [0.1, 0.15) is 0 Å². The second-order valence-electron chi connectivity index (χ2n) is 7.94. The summed E-state index contributed by atoms with van der Waals surface area (Å²) in [4.78, 5) is 24.8. The van der Waals surface area contributed by atoms with E-state index in [1.54, 1.807) is 38.1 Å². The van der Waals surface area contributed by atoms with E-state index in [-0.39, 0.29) is 5.57 Å². The molecule has 1 aromatic carbocycles. The summed E-state index contributed by atoms with van der Waals surface area (Å²) in [5.74, 6) is -2.30. The van der Waals surface area contributed by atoms with Crippen LogP contribution in [0.15, 0.2) is 46.8 Å². The van der Waals surface area contributed by atoms with Crippen molar-refractivity contribution in [1.82, 2.24) is 5.32 Å². The molecule has 0 spiro atoms. The van der Waals surface area contributed by atoms with Gasteiger partial charge in [-0.15, -0.1) is 0 Å². The van der Waals surface area contributed by atoms with E-state index in [0.29, 0.717) is 34.2 Å². The summed E-state index contributed by atoms with van der Waals surface area (Å²) in [6.07, 6.45) is 0. The molecule has 1 aromatic rings. The summed E-state index contributed by atoms with van der Waals surface area (Å²) in [6.45, 7) is 10.4. The van der Waals surface area contributed by atoms with E-state index in [1.807, 2.05) is 0 Å². The number of aliphatic carboxylic acids is 1. The molecule has 0 amide bonds. The molecular formula is C20H26ClNO4Si. The van der Waals surface area contributed by atoms with Gasteiger partial charge in [-0.05, 0) is 37.6 Å². The molecule has 5 nitrogen and oxygen atoms in total.